The van der Waals surface area contributed by atoms with Gasteiger partial charge >= 0.3 is 0 Å². The molecule has 0 saturated heterocycles. The molecule has 1 aromatic heterocycles. The van der Waals surface area contributed by atoms with Crippen LogP contribution < -0.4 is 16.0 Å². The average molecular weight is 472 g/mol. The number of hydrogen-bond acceptors (Lipinski definition) is 4. The van der Waals surface area contributed by atoms with Gasteiger partial charge in [-0.2, -0.15) is 0 Å². The van der Waals surface area contributed by atoms with Crippen LogP contribution in [0.2, 0.25) is 0 Å². The molecule has 0 fully saturated rings. The molecule has 0 aliphatic carbocycles. The van der Waals surface area contributed by atoms with Crippen LogP contribution in [0.4, 0.5) is 0 Å². The van der Waals surface area contributed by atoms with Crippen LogP contribution in [0.25, 0.3) is 11.1 Å². The van der Waals surface area contributed by atoms with Crippen LogP contribution in [0.3, 0.4) is 0 Å². The number of nitrogens with one attached hydrogen (secondary N) is 3. The third-order valence-corrected chi connectivity index (χ3v) is 5.34. The maximum atomic E-state index is 12.9. The zero-order valence-electron chi connectivity index (χ0n) is 20.2. The second-order valence-corrected chi connectivity index (χ2v) is 8.74. The van der Waals surface area contributed by atoms with Crippen LogP contribution in [0.5, 0.6) is 0 Å². The fourth-order valence-electron chi connectivity index (χ4n) is 3.27. The lowest BCUT2D eigenvalue weighted by Gasteiger charge is -2.19. The largest absolute Gasteiger partial charge is 0.349 e. The molecule has 0 aliphatic rings. The van der Waals surface area contributed by atoms with E-state index in [9.17, 15) is 14.4 Å². The van der Waals surface area contributed by atoms with E-state index in [0.717, 1.165) is 16.7 Å². The van der Waals surface area contributed by atoms with Crippen LogP contribution in [0, 0.1) is 19.4 Å². The highest BCUT2D eigenvalue weighted by Gasteiger charge is 2.23. The average Bonchev–Trinajstić information content (AvgIpc) is 2.87. The number of nitrogens with zero attached hydrogens (tertiary/aromatic N) is 1. The monoisotopic (exact) mass is 471 g/mol. The summed E-state index contributed by atoms with van der Waals surface area (Å²) in [4.78, 5) is 42.5. The van der Waals surface area contributed by atoms with Crippen molar-refractivity contribution in [2.24, 2.45) is 5.92 Å². The normalized spacial score (nSPS) is 11.5. The molecule has 0 bridgehead atoms. The highest BCUT2D eigenvalue weighted by Crippen LogP contribution is 2.17. The Labute approximate surface area is 206 Å². The number of pyridine rings is 1. The minimum absolute atomic E-state index is 0.0676. The maximum Gasteiger partial charge on any atom is 0.270 e. The van der Waals surface area contributed by atoms with E-state index >= 15 is 0 Å². The topological polar surface area (TPSA) is 100 Å². The van der Waals surface area contributed by atoms with Crippen molar-refractivity contribution < 1.29 is 14.4 Å². The number of carbonyl (C=O) groups is 3. The van der Waals surface area contributed by atoms with Crippen molar-refractivity contribution in [1.82, 2.24) is 20.9 Å². The molecule has 3 aromatic rings. The van der Waals surface area contributed by atoms with E-state index < -0.39 is 17.9 Å². The smallest absolute Gasteiger partial charge is 0.270 e. The molecule has 0 saturated carbocycles. The van der Waals surface area contributed by atoms with Crippen molar-refractivity contribution in [3.8, 4) is 11.1 Å². The SMILES string of the molecule is Cc1ccc(C(=O)NC[C@H](NC(=O)c2ccc(-c3ccccc3)cn2)C(=O)N[CH]CC(C)C)cc1. The molecule has 1 radical (unpaired) electrons. The second-order valence-electron chi connectivity index (χ2n) is 8.74. The first-order valence-electron chi connectivity index (χ1n) is 11.6. The lowest BCUT2D eigenvalue weighted by Crippen LogP contribution is -2.52. The molecular formula is C28H31N4O3. The highest BCUT2D eigenvalue weighted by molar-refractivity contribution is 5.97. The van der Waals surface area contributed by atoms with E-state index in [1.54, 1.807) is 30.9 Å². The zero-order valence-corrected chi connectivity index (χ0v) is 20.2. The quantitative estimate of drug-likeness (QED) is 0.417. The summed E-state index contributed by atoms with van der Waals surface area (Å²) in [6, 6.07) is 19.3. The first-order valence-corrected chi connectivity index (χ1v) is 11.6. The summed E-state index contributed by atoms with van der Waals surface area (Å²) in [5, 5.41) is 8.16. The van der Waals surface area contributed by atoms with Crippen LogP contribution in [-0.2, 0) is 4.79 Å². The van der Waals surface area contributed by atoms with Crippen molar-refractivity contribution in [2.45, 2.75) is 33.2 Å². The molecule has 2 aromatic carbocycles. The summed E-state index contributed by atoms with van der Waals surface area (Å²) < 4.78 is 0. The Hall–Kier alpha value is -4.00. The van der Waals surface area contributed by atoms with Gasteiger partial charge in [-0.05, 0) is 43.0 Å². The summed E-state index contributed by atoms with van der Waals surface area (Å²) in [6.07, 6.45) is 2.31. The number of amides is 3. The van der Waals surface area contributed by atoms with Crippen molar-refractivity contribution in [1.29, 1.82) is 0 Å². The van der Waals surface area contributed by atoms with E-state index in [4.69, 9.17) is 0 Å². The molecule has 0 unspecified atom stereocenters. The van der Waals surface area contributed by atoms with Gasteiger partial charge in [-0.1, -0.05) is 67.9 Å². The number of aromatic nitrogens is 1. The first kappa shape index (κ1) is 25.6. The number of carbonyl (C=O) groups excluding carboxylic acids is 3. The van der Waals surface area contributed by atoms with Crippen molar-refractivity contribution in [3.05, 3.63) is 96.3 Å². The van der Waals surface area contributed by atoms with Crippen LogP contribution in [-0.4, -0.2) is 35.3 Å². The molecule has 35 heavy (non-hydrogen) atoms. The van der Waals surface area contributed by atoms with Crippen LogP contribution in [0.1, 0.15) is 46.7 Å². The van der Waals surface area contributed by atoms with Gasteiger partial charge < -0.3 is 16.0 Å². The van der Waals surface area contributed by atoms with E-state index in [1.165, 1.54) is 0 Å². The molecule has 3 amide bonds. The molecule has 0 spiro atoms. The fourth-order valence-corrected chi connectivity index (χ4v) is 3.27. The van der Waals surface area contributed by atoms with Gasteiger partial charge in [0.1, 0.15) is 11.7 Å². The zero-order chi connectivity index (χ0) is 25.2. The van der Waals surface area contributed by atoms with Crippen molar-refractivity contribution in [2.75, 3.05) is 6.54 Å². The van der Waals surface area contributed by atoms with Crippen LogP contribution >= 0.6 is 0 Å². The lowest BCUT2D eigenvalue weighted by atomic mass is 10.1. The van der Waals surface area contributed by atoms with Gasteiger partial charge in [0.15, 0.2) is 0 Å². The van der Waals surface area contributed by atoms with Gasteiger partial charge in [-0.3, -0.25) is 19.4 Å². The molecule has 181 valence electrons. The Morgan fingerprint density at radius 1 is 0.886 bits per heavy atom. The predicted octanol–water partition coefficient (Wildman–Crippen LogP) is 3.91. The Morgan fingerprint density at radius 2 is 1.60 bits per heavy atom. The van der Waals surface area contributed by atoms with Crippen LogP contribution in [0.15, 0.2) is 72.9 Å². The van der Waals surface area contributed by atoms with Gasteiger partial charge in [0, 0.05) is 30.4 Å². The summed E-state index contributed by atoms with van der Waals surface area (Å²) in [7, 11) is 0. The first-order chi connectivity index (χ1) is 16.8. The standard InChI is InChI=1S/C28H31N4O3/c1-19(2)15-16-29-27(34)25(18-31-26(33)22-11-9-20(3)10-12-22)32-28(35)24-14-13-23(17-30-24)21-7-5-4-6-8-21/h4-14,16-17,19,25H,15,18H2,1-3H3,(H,29,34)(H,31,33)(H,32,35)/t25-/m0/s1. The molecule has 7 heteroatoms. The molecule has 1 atom stereocenters. The Balaban J connectivity index is 1.67. The van der Waals surface area contributed by atoms with E-state index in [-0.39, 0.29) is 18.1 Å². The number of rotatable bonds is 10. The van der Waals surface area contributed by atoms with E-state index in [2.05, 4.69) is 20.9 Å². The molecule has 1 heterocycles. The van der Waals surface area contributed by atoms with Gasteiger partial charge in [0.2, 0.25) is 5.91 Å². The summed E-state index contributed by atoms with van der Waals surface area (Å²) >= 11 is 0. The van der Waals surface area contributed by atoms with Gasteiger partial charge in [-0.25, -0.2) is 0 Å². The maximum absolute atomic E-state index is 12.9. The Bertz CT molecular complexity index is 1130. The second kappa shape index (κ2) is 12.5. The summed E-state index contributed by atoms with van der Waals surface area (Å²) in [5.41, 5.74) is 3.57. The lowest BCUT2D eigenvalue weighted by molar-refractivity contribution is -0.122. The van der Waals surface area contributed by atoms with Crippen molar-refractivity contribution in [3.63, 3.8) is 0 Å². The number of hydrogen-bond donors (Lipinski definition) is 3. The molecule has 3 N–H and O–H groups in total. The van der Waals surface area contributed by atoms with Crippen molar-refractivity contribution >= 4 is 17.7 Å². The summed E-state index contributed by atoms with van der Waals surface area (Å²) in [5.74, 6) is -0.868. The van der Waals surface area contributed by atoms with E-state index in [0.29, 0.717) is 17.9 Å². The molecule has 7 nitrogen and oxygen atoms in total. The number of benzene rings is 2. The summed E-state index contributed by atoms with van der Waals surface area (Å²) in [6.45, 7) is 7.61. The van der Waals surface area contributed by atoms with E-state index in [1.807, 2.05) is 69.3 Å². The Morgan fingerprint density at radius 3 is 2.23 bits per heavy atom. The van der Waals surface area contributed by atoms with Gasteiger partial charge in [0.05, 0.1) is 0 Å². The fraction of sp³-hybridized carbons (Fsp3) is 0.250. The third-order valence-electron chi connectivity index (χ3n) is 5.34. The third kappa shape index (κ3) is 7.78. The molecule has 3 rings (SSSR count). The molecular weight excluding hydrogens is 440 g/mol. The molecule has 0 aliphatic heterocycles. The minimum atomic E-state index is -0.976. The predicted molar refractivity (Wildman–Crippen MR) is 136 cm³/mol. The van der Waals surface area contributed by atoms with Gasteiger partial charge in [0.25, 0.3) is 11.8 Å². The van der Waals surface area contributed by atoms with Gasteiger partial charge in [-0.15, -0.1) is 0 Å². The minimum Gasteiger partial charge on any atom is -0.349 e. The Kier molecular flexibility index (Phi) is 9.12. The highest BCUT2D eigenvalue weighted by atomic mass is 16.2. The number of aryl methyl sites for hydroxylation is 1.